The zero-order valence-corrected chi connectivity index (χ0v) is 14.0. The molecule has 0 aliphatic carbocycles. The number of carbonyl (C=O) groups is 3. The first-order valence-corrected chi connectivity index (χ1v) is 7.51. The maximum absolute atomic E-state index is 11.8. The van der Waals surface area contributed by atoms with Gasteiger partial charge in [0.15, 0.2) is 5.84 Å². The number of hydrogen-bond donors (Lipinski definition) is 2. The molecule has 1 amide bonds. The fraction of sp³-hybridized carbons (Fsp3) is 0.111. The highest BCUT2D eigenvalue weighted by Gasteiger charge is 2.09. The number of rotatable bonds is 6. The van der Waals surface area contributed by atoms with Crippen molar-refractivity contribution in [3.63, 3.8) is 0 Å². The molecule has 0 bridgehead atoms. The maximum atomic E-state index is 11.8. The second-order valence-electron chi connectivity index (χ2n) is 5.25. The lowest BCUT2D eigenvalue weighted by Crippen LogP contribution is -2.17. The summed E-state index contributed by atoms with van der Waals surface area (Å²) in [6, 6.07) is 12.5. The van der Waals surface area contributed by atoms with Crippen molar-refractivity contribution in [2.75, 3.05) is 7.11 Å². The number of ether oxygens (including phenoxy) is 1. The Balaban J connectivity index is 1.99. The molecular weight excluding hydrogens is 338 g/mol. The zero-order valence-electron chi connectivity index (χ0n) is 14.0. The smallest absolute Gasteiger partial charge is 0.339 e. The lowest BCUT2D eigenvalue weighted by atomic mass is 10.1. The molecule has 0 fully saturated rings. The largest absolute Gasteiger partial charge is 0.465 e. The summed E-state index contributed by atoms with van der Waals surface area (Å²) in [5.41, 5.74) is 12.6. The van der Waals surface area contributed by atoms with Crippen LogP contribution in [0.2, 0.25) is 0 Å². The highest BCUT2D eigenvalue weighted by atomic mass is 16.7. The minimum Gasteiger partial charge on any atom is -0.465 e. The number of amides is 1. The van der Waals surface area contributed by atoms with Crippen LogP contribution in [0.25, 0.3) is 0 Å². The number of nitrogens with zero attached hydrogens (tertiary/aromatic N) is 1. The van der Waals surface area contributed by atoms with E-state index >= 15 is 0 Å². The van der Waals surface area contributed by atoms with E-state index in [0.717, 1.165) is 0 Å². The van der Waals surface area contributed by atoms with Crippen LogP contribution in [-0.2, 0) is 20.8 Å². The van der Waals surface area contributed by atoms with Gasteiger partial charge >= 0.3 is 11.9 Å². The Labute approximate surface area is 149 Å². The molecule has 0 heterocycles. The van der Waals surface area contributed by atoms with Crippen LogP contribution in [0, 0.1) is 0 Å². The van der Waals surface area contributed by atoms with Crippen molar-refractivity contribution in [3.8, 4) is 0 Å². The Morgan fingerprint density at radius 2 is 1.62 bits per heavy atom. The number of hydrogen-bond acceptors (Lipinski definition) is 6. The molecule has 2 rings (SSSR count). The van der Waals surface area contributed by atoms with Crippen LogP contribution in [0.1, 0.15) is 31.8 Å². The molecule has 0 radical (unpaired) electrons. The number of amidine groups is 1. The van der Waals surface area contributed by atoms with E-state index < -0.39 is 17.8 Å². The number of nitrogens with two attached hydrogens (primary N) is 2. The van der Waals surface area contributed by atoms with Crippen LogP contribution in [0.15, 0.2) is 53.7 Å². The summed E-state index contributed by atoms with van der Waals surface area (Å²) in [5.74, 6) is -1.77. The van der Waals surface area contributed by atoms with Gasteiger partial charge in [0.25, 0.3) is 0 Å². The molecular formula is C18H17N3O5. The van der Waals surface area contributed by atoms with Gasteiger partial charge in [0.05, 0.1) is 19.1 Å². The average Bonchev–Trinajstić information content (AvgIpc) is 2.66. The van der Waals surface area contributed by atoms with E-state index in [1.807, 2.05) is 0 Å². The van der Waals surface area contributed by atoms with Crippen molar-refractivity contribution in [1.29, 1.82) is 0 Å². The first-order valence-electron chi connectivity index (χ1n) is 7.51. The molecule has 134 valence electrons. The predicted molar refractivity (Wildman–Crippen MR) is 93.3 cm³/mol. The van der Waals surface area contributed by atoms with E-state index in [1.54, 1.807) is 36.4 Å². The van der Waals surface area contributed by atoms with E-state index in [2.05, 4.69) is 9.89 Å². The van der Waals surface area contributed by atoms with E-state index in [9.17, 15) is 14.4 Å². The molecule has 0 saturated carbocycles. The van der Waals surface area contributed by atoms with Gasteiger partial charge in [-0.15, -0.1) is 0 Å². The number of primary amides is 1. The van der Waals surface area contributed by atoms with Gasteiger partial charge in [-0.3, -0.25) is 4.79 Å². The predicted octanol–water partition coefficient (Wildman–Crippen LogP) is 0.978. The Morgan fingerprint density at radius 3 is 2.23 bits per heavy atom. The fourth-order valence-electron chi connectivity index (χ4n) is 2.06. The minimum atomic E-state index is -0.634. The Bertz CT molecular complexity index is 859. The van der Waals surface area contributed by atoms with Crippen molar-refractivity contribution in [3.05, 3.63) is 70.8 Å². The zero-order chi connectivity index (χ0) is 19.1. The molecule has 0 aliphatic heterocycles. The fourth-order valence-corrected chi connectivity index (χ4v) is 2.06. The summed E-state index contributed by atoms with van der Waals surface area (Å²) in [6.45, 7) is 0. The second kappa shape index (κ2) is 8.43. The monoisotopic (exact) mass is 355 g/mol. The molecule has 2 aromatic rings. The normalized spacial score (nSPS) is 10.9. The Morgan fingerprint density at radius 1 is 0.962 bits per heavy atom. The summed E-state index contributed by atoms with van der Waals surface area (Å²) in [7, 11) is 1.29. The van der Waals surface area contributed by atoms with Gasteiger partial charge in [0, 0.05) is 11.1 Å². The van der Waals surface area contributed by atoms with E-state index in [4.69, 9.17) is 16.3 Å². The number of esters is 1. The van der Waals surface area contributed by atoms with Gasteiger partial charge < -0.3 is 21.0 Å². The van der Waals surface area contributed by atoms with Crippen LogP contribution in [0.4, 0.5) is 0 Å². The third-order valence-corrected chi connectivity index (χ3v) is 3.41. The van der Waals surface area contributed by atoms with E-state index in [-0.39, 0.29) is 17.8 Å². The van der Waals surface area contributed by atoms with Gasteiger partial charge in [-0.1, -0.05) is 29.4 Å². The highest BCUT2D eigenvalue weighted by Crippen LogP contribution is 2.08. The van der Waals surface area contributed by atoms with Gasteiger partial charge in [0.2, 0.25) is 5.91 Å². The summed E-state index contributed by atoms with van der Waals surface area (Å²) >= 11 is 0. The minimum absolute atomic E-state index is 0.0560. The Kier molecular flexibility index (Phi) is 6.05. The molecule has 26 heavy (non-hydrogen) atoms. The Hall–Kier alpha value is -3.68. The summed E-state index contributed by atoms with van der Waals surface area (Å²) in [6.07, 6.45) is -0.0560. The van der Waals surface area contributed by atoms with Gasteiger partial charge in [-0.05, 0) is 29.8 Å². The standard InChI is InChI=1S/C18H17N3O5/c1-25-18(24)12-7-5-11(6-8-12)9-15(22)26-21-16(19)13-3-2-4-14(10-13)17(20)23/h2-8,10H,9H2,1H3,(H2,19,21)(H2,20,23). The van der Waals surface area contributed by atoms with Crippen LogP contribution >= 0.6 is 0 Å². The van der Waals surface area contributed by atoms with Crippen molar-refractivity contribution in [2.24, 2.45) is 16.6 Å². The van der Waals surface area contributed by atoms with E-state index in [0.29, 0.717) is 16.7 Å². The average molecular weight is 355 g/mol. The SMILES string of the molecule is COC(=O)c1ccc(CC(=O)O/N=C(\N)c2cccc(C(N)=O)c2)cc1. The van der Waals surface area contributed by atoms with Gasteiger partial charge in [-0.25, -0.2) is 9.59 Å². The van der Waals surface area contributed by atoms with Gasteiger partial charge in [0.1, 0.15) is 0 Å². The number of methoxy groups -OCH3 is 1. The molecule has 8 heteroatoms. The summed E-state index contributed by atoms with van der Waals surface area (Å²) in [4.78, 5) is 39.1. The highest BCUT2D eigenvalue weighted by molar-refractivity contribution is 6.01. The van der Waals surface area contributed by atoms with Crippen molar-refractivity contribution in [2.45, 2.75) is 6.42 Å². The topological polar surface area (TPSA) is 134 Å². The quantitative estimate of drug-likeness (QED) is 0.261. The molecule has 0 aromatic heterocycles. The van der Waals surface area contributed by atoms with Crippen molar-refractivity contribution < 1.29 is 24.0 Å². The molecule has 0 atom stereocenters. The van der Waals surface area contributed by atoms with Crippen LogP contribution < -0.4 is 11.5 Å². The third-order valence-electron chi connectivity index (χ3n) is 3.41. The molecule has 0 aliphatic rings. The molecule has 0 unspecified atom stereocenters. The molecule has 4 N–H and O–H groups in total. The lowest BCUT2D eigenvalue weighted by molar-refractivity contribution is -0.142. The maximum Gasteiger partial charge on any atom is 0.339 e. The first kappa shape index (κ1) is 18.7. The third kappa shape index (κ3) is 4.91. The molecule has 2 aromatic carbocycles. The van der Waals surface area contributed by atoms with Crippen molar-refractivity contribution >= 4 is 23.7 Å². The summed E-state index contributed by atoms with van der Waals surface area (Å²) in [5, 5.41) is 3.57. The van der Waals surface area contributed by atoms with Crippen LogP contribution in [0.3, 0.4) is 0 Å². The molecule has 8 nitrogen and oxygen atoms in total. The number of benzene rings is 2. The lowest BCUT2D eigenvalue weighted by Gasteiger charge is -2.04. The number of carbonyl (C=O) groups excluding carboxylic acids is 3. The van der Waals surface area contributed by atoms with Gasteiger partial charge in [-0.2, -0.15) is 0 Å². The second-order valence-corrected chi connectivity index (χ2v) is 5.25. The molecule has 0 saturated heterocycles. The van der Waals surface area contributed by atoms with E-state index in [1.165, 1.54) is 19.2 Å². The van der Waals surface area contributed by atoms with Crippen molar-refractivity contribution in [1.82, 2.24) is 0 Å². The molecule has 0 spiro atoms. The number of oxime groups is 1. The van der Waals surface area contributed by atoms with Crippen LogP contribution in [-0.4, -0.2) is 30.8 Å². The van der Waals surface area contributed by atoms with Crippen LogP contribution in [0.5, 0.6) is 0 Å². The first-order chi connectivity index (χ1) is 12.4. The summed E-state index contributed by atoms with van der Waals surface area (Å²) < 4.78 is 4.60.